The van der Waals surface area contributed by atoms with Gasteiger partial charge in [0.1, 0.15) is 4.21 Å². The number of piperidine rings is 1. The maximum Gasteiger partial charge on any atom is 0.252 e. The highest BCUT2D eigenvalue weighted by molar-refractivity contribution is 7.91. The van der Waals surface area contributed by atoms with Crippen molar-refractivity contribution in [2.45, 2.75) is 17.1 Å². The Kier molecular flexibility index (Phi) is 6.07. The largest absolute Gasteiger partial charge is 0.319 e. The Morgan fingerprint density at radius 1 is 1.56 bits per heavy atom. The van der Waals surface area contributed by atoms with Gasteiger partial charge < -0.3 is 5.32 Å². The first kappa shape index (κ1) is 15.9. The minimum Gasteiger partial charge on any atom is -0.319 e. The normalized spacial score (nSPS) is 21.5. The molecule has 0 aliphatic carbocycles. The summed E-state index contributed by atoms with van der Waals surface area (Å²) in [5.74, 6) is 0.434. The molecule has 18 heavy (non-hydrogen) atoms. The molecule has 1 unspecified atom stereocenters. The molecule has 0 saturated carbocycles. The standard InChI is InChI=1S/C11H18N2O2S2.ClH/c1-12-8-10-4-2-6-13(9-10)17(14,15)11-5-3-7-16-11;/h3,5,7,10,12H,2,4,6,8-9H2,1H3;1H. The Labute approximate surface area is 119 Å². The number of thiophene rings is 1. The van der Waals surface area contributed by atoms with Crippen LogP contribution < -0.4 is 5.32 Å². The molecular weight excluding hydrogens is 292 g/mol. The van der Waals surface area contributed by atoms with Crippen LogP contribution in [0.2, 0.25) is 0 Å². The molecule has 2 rings (SSSR count). The second kappa shape index (κ2) is 6.86. The predicted octanol–water partition coefficient (Wildman–Crippen LogP) is 1.79. The summed E-state index contributed by atoms with van der Waals surface area (Å²) < 4.78 is 26.7. The number of halogens is 1. The molecule has 0 spiro atoms. The van der Waals surface area contributed by atoms with E-state index in [1.54, 1.807) is 16.4 Å². The summed E-state index contributed by atoms with van der Waals surface area (Å²) in [7, 11) is -1.34. The third-order valence-electron chi connectivity index (χ3n) is 3.06. The maximum absolute atomic E-state index is 12.3. The molecule has 7 heteroatoms. The van der Waals surface area contributed by atoms with Crippen molar-refractivity contribution in [3.8, 4) is 0 Å². The summed E-state index contributed by atoms with van der Waals surface area (Å²) in [5.41, 5.74) is 0. The fourth-order valence-electron chi connectivity index (χ4n) is 2.24. The van der Waals surface area contributed by atoms with E-state index in [2.05, 4.69) is 5.32 Å². The SMILES string of the molecule is CNCC1CCCN(S(=O)(=O)c2cccs2)C1.Cl. The fraction of sp³-hybridized carbons (Fsp3) is 0.636. The average molecular weight is 311 g/mol. The van der Waals surface area contributed by atoms with Crippen LogP contribution in [0.3, 0.4) is 0 Å². The average Bonchev–Trinajstić information content (AvgIpc) is 2.84. The van der Waals surface area contributed by atoms with Crippen LogP contribution in [0.25, 0.3) is 0 Å². The van der Waals surface area contributed by atoms with Gasteiger partial charge in [0.25, 0.3) is 10.0 Å². The first-order valence-electron chi connectivity index (χ1n) is 5.83. The monoisotopic (exact) mass is 310 g/mol. The third-order valence-corrected chi connectivity index (χ3v) is 6.30. The van der Waals surface area contributed by atoms with Crippen LogP contribution >= 0.6 is 23.7 Å². The van der Waals surface area contributed by atoms with Crippen LogP contribution in [0.1, 0.15) is 12.8 Å². The Morgan fingerprint density at radius 3 is 2.94 bits per heavy atom. The van der Waals surface area contributed by atoms with Gasteiger partial charge in [0, 0.05) is 13.1 Å². The molecule has 104 valence electrons. The van der Waals surface area contributed by atoms with Gasteiger partial charge in [-0.15, -0.1) is 23.7 Å². The molecule has 0 aromatic carbocycles. The Bertz CT molecular complexity index is 446. The molecule has 1 atom stereocenters. The Hall–Kier alpha value is -0.140. The smallest absolute Gasteiger partial charge is 0.252 e. The van der Waals surface area contributed by atoms with Crippen molar-refractivity contribution in [2.75, 3.05) is 26.7 Å². The van der Waals surface area contributed by atoms with E-state index in [0.29, 0.717) is 23.2 Å². The van der Waals surface area contributed by atoms with Crippen LogP contribution in [0.5, 0.6) is 0 Å². The molecular formula is C11H19ClN2O2S2. The van der Waals surface area contributed by atoms with E-state index in [1.165, 1.54) is 11.3 Å². The molecule has 0 radical (unpaired) electrons. The highest BCUT2D eigenvalue weighted by Crippen LogP contribution is 2.25. The number of nitrogens with zero attached hydrogens (tertiary/aromatic N) is 1. The minimum atomic E-state index is -3.25. The maximum atomic E-state index is 12.3. The third kappa shape index (κ3) is 3.45. The van der Waals surface area contributed by atoms with Gasteiger partial charge in [-0.25, -0.2) is 8.42 Å². The van der Waals surface area contributed by atoms with Crippen LogP contribution in [0.15, 0.2) is 21.7 Å². The number of rotatable bonds is 4. The van der Waals surface area contributed by atoms with Gasteiger partial charge in [-0.1, -0.05) is 6.07 Å². The van der Waals surface area contributed by atoms with Gasteiger partial charge in [-0.2, -0.15) is 4.31 Å². The van der Waals surface area contributed by atoms with Crippen molar-refractivity contribution in [2.24, 2.45) is 5.92 Å². The predicted molar refractivity (Wildman–Crippen MR) is 77.0 cm³/mol. The van der Waals surface area contributed by atoms with E-state index in [0.717, 1.165) is 19.4 Å². The molecule has 2 heterocycles. The lowest BCUT2D eigenvalue weighted by molar-refractivity contribution is 0.264. The minimum absolute atomic E-state index is 0. The van der Waals surface area contributed by atoms with E-state index in [9.17, 15) is 8.42 Å². The van der Waals surface area contributed by atoms with E-state index >= 15 is 0 Å². The molecule has 1 aromatic heterocycles. The first-order valence-corrected chi connectivity index (χ1v) is 8.15. The highest BCUT2D eigenvalue weighted by atomic mass is 35.5. The van der Waals surface area contributed by atoms with Gasteiger partial charge >= 0.3 is 0 Å². The number of nitrogens with one attached hydrogen (secondary N) is 1. The quantitative estimate of drug-likeness (QED) is 0.922. The van der Waals surface area contributed by atoms with Gasteiger partial charge in [0.2, 0.25) is 0 Å². The number of sulfonamides is 1. The second-order valence-electron chi connectivity index (χ2n) is 4.36. The number of hydrogen-bond acceptors (Lipinski definition) is 4. The summed E-state index contributed by atoms with van der Waals surface area (Å²) in [6.45, 7) is 2.18. The lowest BCUT2D eigenvalue weighted by Gasteiger charge is -2.31. The van der Waals surface area contributed by atoms with Gasteiger partial charge in [0.05, 0.1) is 0 Å². The van der Waals surface area contributed by atoms with Crippen LogP contribution in [-0.2, 0) is 10.0 Å². The topological polar surface area (TPSA) is 49.4 Å². The molecule has 4 nitrogen and oxygen atoms in total. The zero-order chi connectivity index (χ0) is 12.3. The first-order chi connectivity index (χ1) is 8.14. The van der Waals surface area contributed by atoms with E-state index in [4.69, 9.17) is 0 Å². The summed E-state index contributed by atoms with van der Waals surface area (Å²) in [5, 5.41) is 4.93. The summed E-state index contributed by atoms with van der Waals surface area (Å²) in [4.78, 5) is 0. The fourth-order valence-corrected chi connectivity index (χ4v) is 4.94. The van der Waals surface area contributed by atoms with Crippen LogP contribution in [0, 0.1) is 5.92 Å². The number of hydrogen-bond donors (Lipinski definition) is 1. The zero-order valence-corrected chi connectivity index (χ0v) is 12.8. The van der Waals surface area contributed by atoms with Crippen molar-refractivity contribution in [3.63, 3.8) is 0 Å². The van der Waals surface area contributed by atoms with Crippen LogP contribution in [0.4, 0.5) is 0 Å². The van der Waals surface area contributed by atoms with Gasteiger partial charge in [-0.05, 0) is 43.8 Å². The van der Waals surface area contributed by atoms with Crippen molar-refractivity contribution >= 4 is 33.8 Å². The molecule has 1 saturated heterocycles. The molecule has 1 fully saturated rings. The summed E-state index contributed by atoms with van der Waals surface area (Å²) >= 11 is 1.29. The molecule has 0 amide bonds. The molecule has 1 aliphatic heterocycles. The lowest BCUT2D eigenvalue weighted by atomic mass is 10.00. The summed E-state index contributed by atoms with van der Waals surface area (Å²) in [6, 6.07) is 3.47. The van der Waals surface area contributed by atoms with Crippen molar-refractivity contribution in [3.05, 3.63) is 17.5 Å². The molecule has 1 N–H and O–H groups in total. The van der Waals surface area contributed by atoms with Crippen molar-refractivity contribution in [1.29, 1.82) is 0 Å². The van der Waals surface area contributed by atoms with E-state index in [-0.39, 0.29) is 12.4 Å². The second-order valence-corrected chi connectivity index (χ2v) is 7.47. The van der Waals surface area contributed by atoms with Crippen molar-refractivity contribution in [1.82, 2.24) is 9.62 Å². The van der Waals surface area contributed by atoms with E-state index < -0.39 is 10.0 Å². The molecule has 0 bridgehead atoms. The van der Waals surface area contributed by atoms with Crippen molar-refractivity contribution < 1.29 is 8.42 Å². The Balaban J connectivity index is 0.00000162. The highest BCUT2D eigenvalue weighted by Gasteiger charge is 2.30. The van der Waals surface area contributed by atoms with Gasteiger partial charge in [-0.3, -0.25) is 0 Å². The Morgan fingerprint density at radius 2 is 2.33 bits per heavy atom. The lowest BCUT2D eigenvalue weighted by Crippen LogP contribution is -2.42. The van der Waals surface area contributed by atoms with E-state index in [1.807, 2.05) is 12.4 Å². The molecule has 1 aliphatic rings. The zero-order valence-electron chi connectivity index (χ0n) is 10.3. The summed E-state index contributed by atoms with van der Waals surface area (Å²) in [6.07, 6.45) is 2.06. The molecule has 1 aromatic rings. The van der Waals surface area contributed by atoms with Crippen LogP contribution in [-0.4, -0.2) is 39.4 Å². The van der Waals surface area contributed by atoms with Gasteiger partial charge in [0.15, 0.2) is 0 Å².